The second kappa shape index (κ2) is 5.71. The van der Waals surface area contributed by atoms with Crippen LogP contribution in [0.3, 0.4) is 0 Å². The van der Waals surface area contributed by atoms with Crippen LogP contribution >= 0.6 is 0 Å². The maximum atomic E-state index is 10.8. The Morgan fingerprint density at radius 2 is 2.27 bits per heavy atom. The number of nitrogens with zero attached hydrogens (tertiary/aromatic N) is 2. The number of aromatic carboxylic acids is 1. The van der Waals surface area contributed by atoms with Gasteiger partial charge in [-0.1, -0.05) is 0 Å². The molecule has 1 aromatic rings. The molecular formula is C9H8N2NaO3+. The molecule has 72 valence electrons. The Morgan fingerprint density at radius 1 is 1.67 bits per heavy atom. The molecule has 0 fully saturated rings. The van der Waals surface area contributed by atoms with Crippen LogP contribution in [-0.2, 0) is 0 Å². The fraction of sp³-hybridized carbons (Fsp3) is 0.222. The standard InChI is InChI=1S/C9H8N2O3.Na/c1-5-3-6(9(12)13)7(4-10)8(11-5)14-2;/h3H,1-2H3,(H,12,13);/q;+1. The zero-order valence-corrected chi connectivity index (χ0v) is 10.7. The predicted octanol–water partition coefficient (Wildman–Crippen LogP) is -2.03. The Bertz CT molecular complexity index is 426. The van der Waals surface area contributed by atoms with Crippen LogP contribution in [0.15, 0.2) is 6.07 Å². The first-order valence-electron chi connectivity index (χ1n) is 3.79. The molecular weight excluding hydrogens is 207 g/mol. The van der Waals surface area contributed by atoms with Crippen LogP contribution in [0.25, 0.3) is 0 Å². The maximum Gasteiger partial charge on any atom is 1.00 e. The number of aromatic nitrogens is 1. The van der Waals surface area contributed by atoms with Crippen molar-refractivity contribution in [2.24, 2.45) is 0 Å². The molecule has 15 heavy (non-hydrogen) atoms. The monoisotopic (exact) mass is 215 g/mol. The minimum absolute atomic E-state index is 0. The number of ether oxygens (including phenoxy) is 1. The number of carbonyl (C=O) groups is 1. The Labute approximate surface area is 109 Å². The first-order valence-corrected chi connectivity index (χ1v) is 3.79. The van der Waals surface area contributed by atoms with E-state index in [0.717, 1.165) is 0 Å². The van der Waals surface area contributed by atoms with Crippen molar-refractivity contribution in [1.29, 1.82) is 5.26 Å². The van der Waals surface area contributed by atoms with E-state index < -0.39 is 5.97 Å². The van der Waals surface area contributed by atoms with Gasteiger partial charge in [0, 0.05) is 5.69 Å². The van der Waals surface area contributed by atoms with Gasteiger partial charge in [-0.15, -0.1) is 0 Å². The molecule has 0 spiro atoms. The maximum absolute atomic E-state index is 10.8. The van der Waals surface area contributed by atoms with Gasteiger partial charge in [-0.25, -0.2) is 9.78 Å². The number of aryl methyl sites for hydroxylation is 1. The molecule has 0 bridgehead atoms. The fourth-order valence-electron chi connectivity index (χ4n) is 1.07. The van der Waals surface area contributed by atoms with Crippen molar-refractivity contribution in [1.82, 2.24) is 4.98 Å². The van der Waals surface area contributed by atoms with E-state index >= 15 is 0 Å². The van der Waals surface area contributed by atoms with E-state index in [0.29, 0.717) is 5.69 Å². The Morgan fingerprint density at radius 3 is 2.67 bits per heavy atom. The van der Waals surface area contributed by atoms with Gasteiger partial charge in [-0.3, -0.25) is 0 Å². The summed E-state index contributed by atoms with van der Waals surface area (Å²) in [5.41, 5.74) is 0.362. The molecule has 0 aliphatic heterocycles. The molecule has 0 atom stereocenters. The first kappa shape index (κ1) is 13.9. The summed E-state index contributed by atoms with van der Waals surface area (Å²) in [4.78, 5) is 14.7. The van der Waals surface area contributed by atoms with Gasteiger partial charge in [-0.05, 0) is 13.0 Å². The molecule has 0 saturated carbocycles. The number of rotatable bonds is 2. The molecule has 1 heterocycles. The summed E-state index contributed by atoms with van der Waals surface area (Å²) in [5.74, 6) is -1.12. The van der Waals surface area contributed by atoms with Crippen molar-refractivity contribution >= 4 is 5.97 Å². The molecule has 1 N–H and O–H groups in total. The quantitative estimate of drug-likeness (QED) is 0.575. The second-order valence-electron chi connectivity index (χ2n) is 2.61. The van der Waals surface area contributed by atoms with E-state index in [2.05, 4.69) is 4.98 Å². The summed E-state index contributed by atoms with van der Waals surface area (Å²) in [6, 6.07) is 3.09. The van der Waals surface area contributed by atoms with Gasteiger partial charge in [0.15, 0.2) is 0 Å². The van der Waals surface area contributed by atoms with E-state index in [-0.39, 0.29) is 46.6 Å². The summed E-state index contributed by atoms with van der Waals surface area (Å²) in [5, 5.41) is 17.5. The number of hydrogen-bond acceptors (Lipinski definition) is 4. The van der Waals surface area contributed by atoms with Gasteiger partial charge in [0.25, 0.3) is 0 Å². The molecule has 0 amide bonds. The van der Waals surface area contributed by atoms with Gasteiger partial charge < -0.3 is 9.84 Å². The SMILES string of the molecule is COc1nc(C)cc(C(=O)O)c1C#N.[Na+]. The zero-order chi connectivity index (χ0) is 10.7. The molecule has 1 rings (SSSR count). The van der Waals surface area contributed by atoms with Gasteiger partial charge in [0.2, 0.25) is 5.88 Å². The number of carboxylic acid groups (broad SMARTS) is 1. The average molecular weight is 215 g/mol. The van der Waals surface area contributed by atoms with Crippen LogP contribution in [0.4, 0.5) is 0 Å². The number of methoxy groups -OCH3 is 1. The Balaban J connectivity index is 0.00000196. The number of carboxylic acids is 1. The molecule has 0 aromatic carbocycles. The van der Waals surface area contributed by atoms with E-state index in [1.54, 1.807) is 13.0 Å². The molecule has 0 aliphatic rings. The summed E-state index contributed by atoms with van der Waals surface area (Å²) in [7, 11) is 1.34. The third kappa shape index (κ3) is 2.93. The van der Waals surface area contributed by atoms with Crippen LogP contribution in [0.2, 0.25) is 0 Å². The van der Waals surface area contributed by atoms with Gasteiger partial charge in [0.1, 0.15) is 11.6 Å². The smallest absolute Gasteiger partial charge is 0.480 e. The van der Waals surface area contributed by atoms with Crippen molar-refractivity contribution in [2.75, 3.05) is 7.11 Å². The van der Waals surface area contributed by atoms with E-state index in [1.807, 2.05) is 0 Å². The number of pyridine rings is 1. The normalized spacial score (nSPS) is 8.60. The number of hydrogen-bond donors (Lipinski definition) is 1. The van der Waals surface area contributed by atoms with Crippen LogP contribution in [0, 0.1) is 18.3 Å². The van der Waals surface area contributed by atoms with Crippen LogP contribution in [0.1, 0.15) is 21.6 Å². The topological polar surface area (TPSA) is 83.2 Å². The molecule has 0 unspecified atom stereocenters. The minimum atomic E-state index is -1.16. The van der Waals surface area contributed by atoms with E-state index in [1.165, 1.54) is 13.2 Å². The van der Waals surface area contributed by atoms with Crippen molar-refractivity contribution in [2.45, 2.75) is 6.92 Å². The van der Waals surface area contributed by atoms with Gasteiger partial charge in [-0.2, -0.15) is 5.26 Å². The fourth-order valence-corrected chi connectivity index (χ4v) is 1.07. The molecule has 0 radical (unpaired) electrons. The van der Waals surface area contributed by atoms with Crippen LogP contribution in [0.5, 0.6) is 5.88 Å². The minimum Gasteiger partial charge on any atom is -0.480 e. The van der Waals surface area contributed by atoms with Crippen LogP contribution < -0.4 is 34.3 Å². The Hall–Kier alpha value is -1.09. The summed E-state index contributed by atoms with van der Waals surface area (Å²) in [6.07, 6.45) is 0. The molecule has 0 saturated heterocycles. The average Bonchev–Trinajstić information content (AvgIpc) is 2.16. The van der Waals surface area contributed by atoms with Crippen molar-refractivity contribution in [3.63, 3.8) is 0 Å². The third-order valence-electron chi connectivity index (χ3n) is 1.65. The molecule has 5 nitrogen and oxygen atoms in total. The van der Waals surface area contributed by atoms with E-state index in [9.17, 15) is 4.79 Å². The van der Waals surface area contributed by atoms with Crippen molar-refractivity contribution < 1.29 is 44.2 Å². The van der Waals surface area contributed by atoms with Crippen molar-refractivity contribution in [3.05, 3.63) is 22.9 Å². The van der Waals surface area contributed by atoms with Gasteiger partial charge in [0.05, 0.1) is 12.7 Å². The zero-order valence-electron chi connectivity index (χ0n) is 8.74. The summed E-state index contributed by atoms with van der Waals surface area (Å²) in [6.45, 7) is 1.64. The van der Waals surface area contributed by atoms with Crippen LogP contribution in [-0.4, -0.2) is 23.2 Å². The largest absolute Gasteiger partial charge is 1.00 e. The molecule has 1 aromatic heterocycles. The first-order chi connectivity index (χ1) is 6.60. The molecule has 6 heteroatoms. The van der Waals surface area contributed by atoms with Gasteiger partial charge >= 0.3 is 35.5 Å². The van der Waals surface area contributed by atoms with Crippen molar-refractivity contribution in [3.8, 4) is 11.9 Å². The molecule has 0 aliphatic carbocycles. The predicted molar refractivity (Wildman–Crippen MR) is 47.2 cm³/mol. The summed E-state index contributed by atoms with van der Waals surface area (Å²) >= 11 is 0. The van der Waals surface area contributed by atoms with E-state index in [4.69, 9.17) is 15.1 Å². The third-order valence-corrected chi connectivity index (χ3v) is 1.65. The number of nitriles is 1. The second-order valence-corrected chi connectivity index (χ2v) is 2.61. The summed E-state index contributed by atoms with van der Waals surface area (Å²) < 4.78 is 4.81. The Kier molecular flexibility index (Phi) is 5.29.